The Morgan fingerprint density at radius 2 is 2.11 bits per heavy atom. The quantitative estimate of drug-likeness (QED) is 0.814. The van der Waals surface area contributed by atoms with E-state index in [-0.39, 0.29) is 5.91 Å². The third kappa shape index (κ3) is 3.49. The molecule has 2 N–H and O–H groups in total. The topological polar surface area (TPSA) is 92.2 Å². The molecule has 0 unspecified atom stereocenters. The van der Waals surface area contributed by atoms with E-state index < -0.39 is 11.4 Å². The van der Waals surface area contributed by atoms with Crippen LogP contribution in [-0.4, -0.2) is 33.1 Å². The molecule has 7 heteroatoms. The number of nitrogens with one attached hydrogen (secondary N) is 1. The number of hydrogen-bond acceptors (Lipinski definition) is 5. The molecule has 0 saturated heterocycles. The minimum Gasteiger partial charge on any atom is -0.481 e. The summed E-state index contributed by atoms with van der Waals surface area (Å²) in [7, 11) is 0. The lowest BCUT2D eigenvalue weighted by Crippen LogP contribution is -2.32. The molecule has 0 aromatic carbocycles. The molecular weight excluding hydrogens is 254 g/mol. The molecule has 100 valence electrons. The van der Waals surface area contributed by atoms with Crippen molar-refractivity contribution in [1.29, 1.82) is 0 Å². The molecule has 18 heavy (non-hydrogen) atoms. The van der Waals surface area contributed by atoms with E-state index in [1.807, 2.05) is 6.92 Å². The van der Waals surface area contributed by atoms with Crippen molar-refractivity contribution in [2.24, 2.45) is 5.41 Å². The molecule has 1 heterocycles. The molecule has 1 aromatic heterocycles. The summed E-state index contributed by atoms with van der Waals surface area (Å²) in [5, 5.41) is 15.5. The first-order valence-electron chi connectivity index (χ1n) is 5.71. The zero-order valence-corrected chi connectivity index (χ0v) is 11.5. The minimum absolute atomic E-state index is 0.233. The number of aliphatic carboxylic acids is 1. The van der Waals surface area contributed by atoms with Crippen molar-refractivity contribution < 1.29 is 14.7 Å². The van der Waals surface area contributed by atoms with Crippen LogP contribution < -0.4 is 5.32 Å². The Morgan fingerprint density at radius 1 is 1.44 bits per heavy atom. The van der Waals surface area contributed by atoms with Gasteiger partial charge in [0.2, 0.25) is 0 Å². The van der Waals surface area contributed by atoms with Crippen molar-refractivity contribution in [3.63, 3.8) is 0 Å². The lowest BCUT2D eigenvalue weighted by Gasteiger charge is -2.18. The van der Waals surface area contributed by atoms with Gasteiger partial charge in [-0.3, -0.25) is 9.59 Å². The molecule has 0 aliphatic rings. The van der Waals surface area contributed by atoms with Gasteiger partial charge in [-0.25, -0.2) is 0 Å². The Kier molecular flexibility index (Phi) is 4.77. The van der Waals surface area contributed by atoms with Crippen LogP contribution in [0.2, 0.25) is 0 Å². The molecule has 6 nitrogen and oxygen atoms in total. The third-order valence-electron chi connectivity index (χ3n) is 2.71. The Morgan fingerprint density at radius 3 is 2.67 bits per heavy atom. The molecule has 1 amide bonds. The Labute approximate surface area is 110 Å². The summed E-state index contributed by atoms with van der Waals surface area (Å²) in [4.78, 5) is 23.2. The fourth-order valence-electron chi connectivity index (χ4n) is 1.29. The largest absolute Gasteiger partial charge is 0.481 e. The maximum absolute atomic E-state index is 11.8. The lowest BCUT2D eigenvalue weighted by molar-refractivity contribution is -0.147. The van der Waals surface area contributed by atoms with E-state index >= 15 is 0 Å². The van der Waals surface area contributed by atoms with Crippen LogP contribution in [0.4, 0.5) is 0 Å². The summed E-state index contributed by atoms with van der Waals surface area (Å²) in [5.41, 5.74) is -0.165. The molecule has 0 atom stereocenters. The second-order valence-electron chi connectivity index (χ2n) is 4.60. The van der Waals surface area contributed by atoms with Crippen LogP contribution in [0.5, 0.6) is 0 Å². The number of aromatic nitrogens is 2. The summed E-state index contributed by atoms with van der Waals surface area (Å²) in [6.07, 6.45) is 1.03. The number of carbonyl (C=O) groups is 2. The number of hydrogen-bond donors (Lipinski definition) is 2. The van der Waals surface area contributed by atoms with E-state index in [0.717, 1.165) is 11.5 Å². The van der Waals surface area contributed by atoms with Gasteiger partial charge in [0.1, 0.15) is 4.88 Å². The van der Waals surface area contributed by atoms with Crippen molar-refractivity contribution in [1.82, 2.24) is 14.9 Å². The van der Waals surface area contributed by atoms with Crippen molar-refractivity contribution >= 4 is 23.4 Å². The molecule has 1 aromatic rings. The Bertz CT molecular complexity index is 442. The van der Waals surface area contributed by atoms with Gasteiger partial charge in [-0.15, -0.1) is 5.10 Å². The summed E-state index contributed by atoms with van der Waals surface area (Å²) in [5.74, 6) is -1.10. The van der Waals surface area contributed by atoms with Crippen molar-refractivity contribution in [2.75, 3.05) is 6.54 Å². The van der Waals surface area contributed by atoms with Crippen LogP contribution in [0.3, 0.4) is 0 Å². The summed E-state index contributed by atoms with van der Waals surface area (Å²) in [6.45, 7) is 5.49. The molecule has 0 saturated carbocycles. The molecule has 0 radical (unpaired) electrons. The van der Waals surface area contributed by atoms with Gasteiger partial charge in [-0.2, -0.15) is 0 Å². The number of aryl methyl sites for hydroxylation is 1. The maximum atomic E-state index is 11.8. The van der Waals surface area contributed by atoms with Crippen LogP contribution >= 0.6 is 11.5 Å². The number of nitrogens with zero attached hydrogens (tertiary/aromatic N) is 2. The SMILES string of the molecule is CCc1nnsc1C(=O)NCCC(C)(C)C(=O)O. The Hall–Kier alpha value is -1.50. The van der Waals surface area contributed by atoms with Crippen molar-refractivity contribution in [3.8, 4) is 0 Å². The average molecular weight is 271 g/mol. The summed E-state index contributed by atoms with van der Waals surface area (Å²) >= 11 is 1.06. The third-order valence-corrected chi connectivity index (χ3v) is 3.48. The van der Waals surface area contributed by atoms with E-state index in [1.54, 1.807) is 13.8 Å². The van der Waals surface area contributed by atoms with Gasteiger partial charge in [0.05, 0.1) is 11.1 Å². The molecule has 0 fully saturated rings. The van der Waals surface area contributed by atoms with E-state index in [2.05, 4.69) is 14.9 Å². The first-order chi connectivity index (χ1) is 8.38. The molecular formula is C11H17N3O3S. The highest BCUT2D eigenvalue weighted by Crippen LogP contribution is 2.19. The number of carboxylic acids is 1. The fraction of sp³-hybridized carbons (Fsp3) is 0.636. The zero-order chi connectivity index (χ0) is 13.8. The first kappa shape index (κ1) is 14.6. The van der Waals surface area contributed by atoms with Gasteiger partial charge in [-0.05, 0) is 38.2 Å². The van der Waals surface area contributed by atoms with E-state index in [4.69, 9.17) is 5.11 Å². The summed E-state index contributed by atoms with van der Waals surface area (Å²) in [6, 6.07) is 0. The molecule has 1 rings (SSSR count). The monoisotopic (exact) mass is 271 g/mol. The highest BCUT2D eigenvalue weighted by Gasteiger charge is 2.26. The molecule has 0 aliphatic carbocycles. The normalized spacial score (nSPS) is 11.3. The number of amides is 1. The smallest absolute Gasteiger partial charge is 0.309 e. The predicted molar refractivity (Wildman–Crippen MR) is 67.7 cm³/mol. The maximum Gasteiger partial charge on any atom is 0.309 e. The zero-order valence-electron chi connectivity index (χ0n) is 10.7. The molecule has 0 aliphatic heterocycles. The van der Waals surface area contributed by atoms with Crippen molar-refractivity contribution in [3.05, 3.63) is 10.6 Å². The number of carboxylic acid groups (broad SMARTS) is 1. The van der Waals surface area contributed by atoms with Crippen LogP contribution in [0, 0.1) is 5.41 Å². The standard InChI is InChI=1S/C11H17N3O3S/c1-4-7-8(18-14-13-7)9(15)12-6-5-11(2,3)10(16)17/h4-6H2,1-3H3,(H,12,15)(H,16,17). The summed E-state index contributed by atoms with van der Waals surface area (Å²) < 4.78 is 3.74. The number of rotatable bonds is 6. The van der Waals surface area contributed by atoms with E-state index in [9.17, 15) is 9.59 Å². The van der Waals surface area contributed by atoms with Gasteiger partial charge < -0.3 is 10.4 Å². The second-order valence-corrected chi connectivity index (χ2v) is 5.35. The second kappa shape index (κ2) is 5.90. The van der Waals surface area contributed by atoms with Crippen LogP contribution in [-0.2, 0) is 11.2 Å². The van der Waals surface area contributed by atoms with Crippen molar-refractivity contribution in [2.45, 2.75) is 33.6 Å². The fourth-order valence-corrected chi connectivity index (χ4v) is 1.95. The predicted octanol–water partition coefficient (Wildman–Crippen LogP) is 1.33. The van der Waals surface area contributed by atoms with Crippen LogP contribution in [0.15, 0.2) is 0 Å². The van der Waals surface area contributed by atoms with Crippen LogP contribution in [0.25, 0.3) is 0 Å². The van der Waals surface area contributed by atoms with Gasteiger partial charge >= 0.3 is 5.97 Å². The molecule has 0 bridgehead atoms. The highest BCUT2D eigenvalue weighted by molar-refractivity contribution is 7.08. The Balaban J connectivity index is 2.50. The lowest BCUT2D eigenvalue weighted by atomic mass is 9.90. The molecule has 0 spiro atoms. The minimum atomic E-state index is -0.870. The van der Waals surface area contributed by atoms with E-state index in [0.29, 0.717) is 30.0 Å². The van der Waals surface area contributed by atoms with E-state index in [1.165, 1.54) is 0 Å². The average Bonchev–Trinajstić information content (AvgIpc) is 2.76. The van der Waals surface area contributed by atoms with Crippen LogP contribution in [0.1, 0.15) is 42.6 Å². The van der Waals surface area contributed by atoms with Gasteiger partial charge in [0.15, 0.2) is 0 Å². The van der Waals surface area contributed by atoms with Gasteiger partial charge in [-0.1, -0.05) is 11.4 Å². The van der Waals surface area contributed by atoms with Gasteiger partial charge in [0, 0.05) is 6.54 Å². The number of carbonyl (C=O) groups excluding carboxylic acids is 1. The van der Waals surface area contributed by atoms with Gasteiger partial charge in [0.25, 0.3) is 5.91 Å². The highest BCUT2D eigenvalue weighted by atomic mass is 32.1. The first-order valence-corrected chi connectivity index (χ1v) is 6.48.